The number of hydrogen-bond acceptors (Lipinski definition) is 3. The third-order valence-corrected chi connectivity index (χ3v) is 3.94. The van der Waals surface area contributed by atoms with Crippen molar-refractivity contribution in [2.75, 3.05) is 6.61 Å². The fourth-order valence-electron chi connectivity index (χ4n) is 2.59. The molecule has 0 fully saturated rings. The lowest BCUT2D eigenvalue weighted by molar-refractivity contribution is 0.0697. The fraction of sp³-hybridized carbons (Fsp3) is 0.300. The van der Waals surface area contributed by atoms with Gasteiger partial charge in [-0.25, -0.2) is 13.6 Å². The topological polar surface area (TPSA) is 70.3 Å². The number of nitriles is 1. The molecule has 0 bridgehead atoms. The van der Waals surface area contributed by atoms with E-state index in [1.165, 1.54) is 12.1 Å². The van der Waals surface area contributed by atoms with Crippen LogP contribution in [0.2, 0.25) is 0 Å². The van der Waals surface area contributed by atoms with Gasteiger partial charge in [0.2, 0.25) is 0 Å². The maximum absolute atomic E-state index is 13.9. The number of rotatable bonds is 8. The van der Waals surface area contributed by atoms with Crippen LogP contribution in [0.25, 0.3) is 11.1 Å². The lowest BCUT2D eigenvalue weighted by atomic mass is 9.96. The molecule has 2 aromatic rings. The van der Waals surface area contributed by atoms with Crippen LogP contribution in [0.4, 0.5) is 8.78 Å². The van der Waals surface area contributed by atoms with Gasteiger partial charge in [0.05, 0.1) is 12.2 Å². The van der Waals surface area contributed by atoms with Crippen molar-refractivity contribution < 1.29 is 23.4 Å². The Kier molecular flexibility index (Phi) is 6.81. The van der Waals surface area contributed by atoms with Gasteiger partial charge in [-0.3, -0.25) is 0 Å². The van der Waals surface area contributed by atoms with Crippen LogP contribution in [-0.4, -0.2) is 17.7 Å². The van der Waals surface area contributed by atoms with Crippen LogP contribution in [0.15, 0.2) is 30.3 Å². The molecule has 2 aromatic carbocycles. The van der Waals surface area contributed by atoms with E-state index in [1.54, 1.807) is 12.1 Å². The van der Waals surface area contributed by atoms with E-state index in [4.69, 9.17) is 10.00 Å². The van der Waals surface area contributed by atoms with E-state index in [9.17, 15) is 18.7 Å². The number of unbranched alkanes of at least 4 members (excludes halogenated alkanes) is 2. The van der Waals surface area contributed by atoms with Crippen molar-refractivity contribution in [3.8, 4) is 17.2 Å². The highest BCUT2D eigenvalue weighted by atomic mass is 19.1. The first kappa shape index (κ1) is 19.5. The van der Waals surface area contributed by atoms with Crippen LogP contribution >= 0.6 is 0 Å². The van der Waals surface area contributed by atoms with Gasteiger partial charge in [-0.15, -0.1) is 0 Å². The van der Waals surface area contributed by atoms with E-state index in [0.29, 0.717) is 12.2 Å². The Balaban J connectivity index is 2.35. The minimum atomic E-state index is -1.21. The number of carboxylic acids is 1. The largest absolute Gasteiger partial charge is 0.478 e. The molecule has 0 saturated heterocycles. The normalized spacial score (nSPS) is 10.5. The van der Waals surface area contributed by atoms with Crippen LogP contribution in [0.3, 0.4) is 0 Å². The van der Waals surface area contributed by atoms with Crippen molar-refractivity contribution in [3.05, 3.63) is 58.7 Å². The molecule has 0 aliphatic carbocycles. The fourth-order valence-corrected chi connectivity index (χ4v) is 2.59. The first-order valence-corrected chi connectivity index (χ1v) is 8.31. The molecule has 0 saturated carbocycles. The number of aromatic carboxylic acids is 1. The number of hydrogen-bond donors (Lipinski definition) is 1. The molecule has 4 nitrogen and oxygen atoms in total. The highest BCUT2D eigenvalue weighted by Crippen LogP contribution is 2.28. The monoisotopic (exact) mass is 359 g/mol. The molecule has 26 heavy (non-hydrogen) atoms. The van der Waals surface area contributed by atoms with Gasteiger partial charge in [0.1, 0.15) is 23.3 Å². The number of carbonyl (C=O) groups is 1. The SMILES string of the molecule is CCCCCOCc1ccc(C(=O)O)c(-c2cc(F)c(C#N)c(F)c2)c1. The second kappa shape index (κ2) is 9.07. The summed E-state index contributed by atoms with van der Waals surface area (Å²) in [7, 11) is 0. The number of carboxylic acid groups (broad SMARTS) is 1. The summed E-state index contributed by atoms with van der Waals surface area (Å²) >= 11 is 0. The molecule has 1 N–H and O–H groups in total. The Hall–Kier alpha value is -2.78. The zero-order valence-electron chi connectivity index (χ0n) is 14.4. The molecule has 136 valence electrons. The lowest BCUT2D eigenvalue weighted by Crippen LogP contribution is -2.03. The maximum Gasteiger partial charge on any atom is 0.336 e. The van der Waals surface area contributed by atoms with Crippen molar-refractivity contribution in [2.45, 2.75) is 32.8 Å². The minimum absolute atomic E-state index is 0.0595. The summed E-state index contributed by atoms with van der Waals surface area (Å²) in [4.78, 5) is 11.5. The van der Waals surface area contributed by atoms with Crippen LogP contribution in [0.1, 0.15) is 47.7 Å². The Morgan fingerprint density at radius 1 is 1.19 bits per heavy atom. The lowest BCUT2D eigenvalue weighted by Gasteiger charge is -2.11. The van der Waals surface area contributed by atoms with Gasteiger partial charge >= 0.3 is 5.97 Å². The number of halogens is 2. The molecule has 0 heterocycles. The average Bonchev–Trinajstić information content (AvgIpc) is 2.61. The second-order valence-electron chi connectivity index (χ2n) is 5.87. The van der Waals surface area contributed by atoms with Crippen LogP contribution < -0.4 is 0 Å². The maximum atomic E-state index is 13.9. The molecule has 0 amide bonds. The average molecular weight is 359 g/mol. The Morgan fingerprint density at radius 3 is 2.46 bits per heavy atom. The smallest absolute Gasteiger partial charge is 0.336 e. The molecule has 0 aromatic heterocycles. The predicted molar refractivity (Wildman–Crippen MR) is 92.6 cm³/mol. The molecular weight excluding hydrogens is 340 g/mol. The predicted octanol–water partition coefficient (Wildman–Crippen LogP) is 4.91. The Bertz CT molecular complexity index is 820. The third-order valence-electron chi connectivity index (χ3n) is 3.94. The molecule has 2 rings (SSSR count). The van der Waals surface area contributed by atoms with Crippen molar-refractivity contribution >= 4 is 5.97 Å². The van der Waals surface area contributed by atoms with E-state index >= 15 is 0 Å². The standard InChI is InChI=1S/C20H19F2NO3/c1-2-3-4-7-26-12-13-5-6-15(20(24)25)16(8-13)14-9-18(21)17(11-23)19(22)10-14/h5-6,8-10H,2-4,7,12H2,1H3,(H,24,25). The van der Waals surface area contributed by atoms with Crippen molar-refractivity contribution in [1.82, 2.24) is 0 Å². The van der Waals surface area contributed by atoms with E-state index in [2.05, 4.69) is 6.92 Å². The third kappa shape index (κ3) is 4.64. The van der Waals surface area contributed by atoms with Crippen molar-refractivity contribution in [2.24, 2.45) is 0 Å². The molecule has 6 heteroatoms. The van der Waals surface area contributed by atoms with Crippen molar-refractivity contribution in [3.63, 3.8) is 0 Å². The van der Waals surface area contributed by atoms with Gasteiger partial charge in [0, 0.05) is 6.61 Å². The van der Waals surface area contributed by atoms with E-state index < -0.39 is 23.2 Å². The van der Waals surface area contributed by atoms with Gasteiger partial charge in [-0.1, -0.05) is 25.8 Å². The Morgan fingerprint density at radius 2 is 1.88 bits per heavy atom. The van der Waals surface area contributed by atoms with Gasteiger partial charge in [-0.2, -0.15) is 5.26 Å². The highest BCUT2D eigenvalue weighted by Gasteiger charge is 2.17. The minimum Gasteiger partial charge on any atom is -0.478 e. The second-order valence-corrected chi connectivity index (χ2v) is 5.87. The molecule has 0 unspecified atom stereocenters. The molecular formula is C20H19F2NO3. The van der Waals surface area contributed by atoms with Crippen LogP contribution in [-0.2, 0) is 11.3 Å². The number of nitrogens with zero attached hydrogens (tertiary/aromatic N) is 1. The van der Waals surface area contributed by atoms with E-state index in [-0.39, 0.29) is 23.3 Å². The number of ether oxygens (including phenoxy) is 1. The molecule has 0 radical (unpaired) electrons. The summed E-state index contributed by atoms with van der Waals surface area (Å²) in [5.41, 5.74) is 0.162. The zero-order valence-corrected chi connectivity index (χ0v) is 14.4. The molecule has 0 spiro atoms. The highest BCUT2D eigenvalue weighted by molar-refractivity contribution is 5.96. The van der Waals surface area contributed by atoms with Gasteiger partial charge < -0.3 is 9.84 Å². The summed E-state index contributed by atoms with van der Waals surface area (Å²) in [5.74, 6) is -3.26. The molecule has 0 aliphatic heterocycles. The molecule has 0 atom stereocenters. The van der Waals surface area contributed by atoms with Gasteiger partial charge in [-0.05, 0) is 47.4 Å². The number of benzene rings is 2. The van der Waals surface area contributed by atoms with E-state index in [1.807, 2.05) is 0 Å². The summed E-state index contributed by atoms with van der Waals surface area (Å²) in [5, 5.41) is 18.1. The van der Waals surface area contributed by atoms with Crippen molar-refractivity contribution in [1.29, 1.82) is 5.26 Å². The molecule has 0 aliphatic rings. The summed E-state index contributed by atoms with van der Waals surface area (Å²) < 4.78 is 33.4. The van der Waals surface area contributed by atoms with Crippen LogP contribution in [0.5, 0.6) is 0 Å². The summed E-state index contributed by atoms with van der Waals surface area (Å²) in [6.45, 7) is 2.95. The summed E-state index contributed by atoms with van der Waals surface area (Å²) in [6.07, 6.45) is 3.08. The zero-order chi connectivity index (χ0) is 19.1. The van der Waals surface area contributed by atoms with Gasteiger partial charge in [0.25, 0.3) is 0 Å². The Labute approximate surface area is 150 Å². The van der Waals surface area contributed by atoms with E-state index in [0.717, 1.165) is 31.4 Å². The summed E-state index contributed by atoms with van der Waals surface area (Å²) in [6, 6.07) is 7.93. The first-order chi connectivity index (χ1) is 12.5. The quantitative estimate of drug-likeness (QED) is 0.680. The van der Waals surface area contributed by atoms with Gasteiger partial charge in [0.15, 0.2) is 0 Å². The van der Waals surface area contributed by atoms with Crippen LogP contribution in [0, 0.1) is 23.0 Å². The first-order valence-electron chi connectivity index (χ1n) is 8.31.